The Hall–Kier alpha value is -0.750. The molecular formula is C9H15N3OS2. The fourth-order valence-electron chi connectivity index (χ4n) is 1.26. The average Bonchev–Trinajstić information content (AvgIpc) is 2.16. The van der Waals surface area contributed by atoms with E-state index in [1.54, 1.807) is 11.8 Å². The first-order valence-electron chi connectivity index (χ1n) is 4.58. The third-order valence-corrected chi connectivity index (χ3v) is 3.54. The van der Waals surface area contributed by atoms with Crippen LogP contribution in [-0.2, 0) is 11.2 Å². The van der Waals surface area contributed by atoms with Crippen molar-refractivity contribution in [3.63, 3.8) is 0 Å². The third-order valence-electron chi connectivity index (χ3n) is 1.97. The molecule has 4 nitrogen and oxygen atoms in total. The van der Waals surface area contributed by atoms with Crippen LogP contribution < -0.4 is 10.5 Å². The lowest BCUT2D eigenvalue weighted by Gasteiger charge is -2.19. The fraction of sp³-hybridized carbons (Fsp3) is 0.444. The summed E-state index contributed by atoms with van der Waals surface area (Å²) in [7, 11) is 0. The first-order valence-corrected chi connectivity index (χ1v) is 6.91. The van der Waals surface area contributed by atoms with Gasteiger partial charge in [0.15, 0.2) is 0 Å². The van der Waals surface area contributed by atoms with E-state index in [0.717, 1.165) is 22.6 Å². The molecule has 1 aliphatic rings. The molecule has 1 aliphatic heterocycles. The van der Waals surface area contributed by atoms with Gasteiger partial charge in [-0.25, -0.2) is 4.21 Å². The molecule has 15 heavy (non-hydrogen) atoms. The minimum Gasteiger partial charge on any atom is -0.382 e. The van der Waals surface area contributed by atoms with Crippen molar-refractivity contribution in [1.29, 1.82) is 0 Å². The van der Waals surface area contributed by atoms with Crippen molar-refractivity contribution in [3.8, 4) is 0 Å². The number of nitrogens with two attached hydrogens (primary N) is 1. The molecule has 1 rings (SSSR count). The van der Waals surface area contributed by atoms with Gasteiger partial charge in [-0.2, -0.15) is 4.40 Å². The zero-order valence-corrected chi connectivity index (χ0v) is 10.7. The van der Waals surface area contributed by atoms with Crippen LogP contribution in [0.5, 0.6) is 0 Å². The maximum atomic E-state index is 11.3. The second kappa shape index (κ2) is 5.37. The summed E-state index contributed by atoms with van der Waals surface area (Å²) >= 11 is 0.165. The lowest BCUT2D eigenvalue weighted by Crippen LogP contribution is -2.31. The Morgan fingerprint density at radius 3 is 2.93 bits per heavy atom. The molecule has 3 N–H and O–H groups in total. The van der Waals surface area contributed by atoms with Crippen molar-refractivity contribution in [3.05, 3.63) is 22.3 Å². The molecule has 0 aliphatic carbocycles. The van der Waals surface area contributed by atoms with Crippen LogP contribution in [0, 0.1) is 0 Å². The van der Waals surface area contributed by atoms with Crippen molar-refractivity contribution in [2.45, 2.75) is 20.3 Å². The van der Waals surface area contributed by atoms with Crippen LogP contribution in [-0.4, -0.2) is 16.3 Å². The molecule has 0 saturated heterocycles. The van der Waals surface area contributed by atoms with E-state index >= 15 is 0 Å². The van der Waals surface area contributed by atoms with Crippen molar-refractivity contribution >= 4 is 28.8 Å². The van der Waals surface area contributed by atoms with Gasteiger partial charge < -0.3 is 5.73 Å². The van der Waals surface area contributed by atoms with Crippen molar-refractivity contribution in [1.82, 2.24) is 4.72 Å². The molecule has 0 fully saturated rings. The van der Waals surface area contributed by atoms with Crippen molar-refractivity contribution < 1.29 is 4.21 Å². The van der Waals surface area contributed by atoms with Crippen LogP contribution >= 0.6 is 11.8 Å². The van der Waals surface area contributed by atoms with Gasteiger partial charge in [0, 0.05) is 0 Å². The number of thioether (sulfide) groups is 1. The normalized spacial score (nSPS) is 27.3. The Balaban J connectivity index is 3.24. The van der Waals surface area contributed by atoms with Crippen LogP contribution in [0.1, 0.15) is 20.3 Å². The number of hydrogen-bond donors (Lipinski definition) is 2. The van der Waals surface area contributed by atoms with Gasteiger partial charge in [0.05, 0.1) is 11.3 Å². The second-order valence-electron chi connectivity index (χ2n) is 2.99. The van der Waals surface area contributed by atoms with Crippen LogP contribution in [0.3, 0.4) is 0 Å². The molecule has 0 aromatic carbocycles. The highest BCUT2D eigenvalue weighted by Gasteiger charge is 2.20. The van der Waals surface area contributed by atoms with Crippen LogP contribution in [0.2, 0.25) is 0 Å². The molecule has 0 bridgehead atoms. The summed E-state index contributed by atoms with van der Waals surface area (Å²) in [4.78, 5) is 1.07. The monoisotopic (exact) mass is 245 g/mol. The minimum absolute atomic E-state index is 0.346. The quantitative estimate of drug-likeness (QED) is 0.774. The summed E-state index contributed by atoms with van der Waals surface area (Å²) in [6, 6.07) is 0. The first-order chi connectivity index (χ1) is 7.10. The van der Waals surface area contributed by atoms with E-state index in [-0.39, 0.29) is 0 Å². The first kappa shape index (κ1) is 12.3. The van der Waals surface area contributed by atoms with Crippen LogP contribution in [0.25, 0.3) is 0 Å². The summed E-state index contributed by atoms with van der Waals surface area (Å²) < 4.78 is 17.9. The van der Waals surface area contributed by atoms with Gasteiger partial charge in [-0.3, -0.25) is 4.72 Å². The Kier molecular flexibility index (Phi) is 4.41. The minimum atomic E-state index is -1.44. The second-order valence-corrected chi connectivity index (χ2v) is 4.89. The number of rotatable bonds is 2. The third kappa shape index (κ3) is 2.85. The van der Waals surface area contributed by atoms with Gasteiger partial charge in [0.1, 0.15) is 5.84 Å². The van der Waals surface area contributed by atoms with E-state index in [2.05, 4.69) is 9.12 Å². The summed E-state index contributed by atoms with van der Waals surface area (Å²) in [5.74, 6) is 0.346. The highest BCUT2D eigenvalue weighted by Crippen LogP contribution is 2.24. The lowest BCUT2D eigenvalue weighted by atomic mass is 10.1. The number of nitrogens with one attached hydrogen (secondary N) is 1. The molecule has 0 amide bonds. The summed E-state index contributed by atoms with van der Waals surface area (Å²) in [6.45, 7) is 3.99. The predicted molar refractivity (Wildman–Crippen MR) is 67.5 cm³/mol. The number of allylic oxidation sites excluding steroid dienone is 2. The zero-order valence-electron chi connectivity index (χ0n) is 9.03. The van der Waals surface area contributed by atoms with Crippen molar-refractivity contribution in [2.75, 3.05) is 6.26 Å². The van der Waals surface area contributed by atoms with E-state index in [0.29, 0.717) is 5.84 Å². The molecule has 1 atom stereocenters. The van der Waals surface area contributed by atoms with Gasteiger partial charge in [-0.15, -0.1) is 11.8 Å². The largest absolute Gasteiger partial charge is 0.382 e. The smallest absolute Gasteiger partial charge is 0.244 e. The SMILES string of the molecule is CC/C=C1/NS(=O)N=C(N)/C1=C(/C)SC. The standard InChI is InChI=1S/C9H15N3OS2/c1-4-5-7-8(6(2)14-3)9(10)12-15(13)11-7/h5,11H,4H2,1-3H3,(H2,10,12)/b7-5+,8-6-. The molecule has 0 spiro atoms. The highest BCUT2D eigenvalue weighted by molar-refractivity contribution is 8.02. The predicted octanol–water partition coefficient (Wildman–Crippen LogP) is 1.46. The van der Waals surface area contributed by atoms with E-state index in [9.17, 15) is 4.21 Å². The maximum Gasteiger partial charge on any atom is 0.244 e. The topological polar surface area (TPSA) is 67.5 Å². The molecule has 84 valence electrons. The fourth-order valence-corrected chi connectivity index (χ4v) is 2.37. The Morgan fingerprint density at radius 2 is 2.40 bits per heavy atom. The van der Waals surface area contributed by atoms with Gasteiger partial charge in [0.25, 0.3) is 0 Å². The van der Waals surface area contributed by atoms with Gasteiger partial charge in [0.2, 0.25) is 11.2 Å². The summed E-state index contributed by atoms with van der Waals surface area (Å²) in [5.41, 5.74) is 7.45. The maximum absolute atomic E-state index is 11.3. The Labute approximate surface area is 96.8 Å². The molecular weight excluding hydrogens is 230 g/mol. The molecule has 6 heteroatoms. The number of hydrogen-bond acceptors (Lipinski definition) is 3. The lowest BCUT2D eigenvalue weighted by molar-refractivity contribution is 0.679. The van der Waals surface area contributed by atoms with Crippen LogP contribution in [0.4, 0.5) is 0 Å². The summed E-state index contributed by atoms with van der Waals surface area (Å²) in [6.07, 6.45) is 4.80. The Morgan fingerprint density at radius 1 is 1.73 bits per heavy atom. The van der Waals surface area contributed by atoms with Crippen LogP contribution in [0.15, 0.2) is 26.6 Å². The molecule has 1 heterocycles. The molecule has 1 unspecified atom stereocenters. The summed E-state index contributed by atoms with van der Waals surface area (Å²) in [5, 5.41) is 0. The molecule has 0 saturated carbocycles. The number of amidine groups is 1. The van der Waals surface area contributed by atoms with E-state index in [4.69, 9.17) is 5.73 Å². The van der Waals surface area contributed by atoms with Crippen molar-refractivity contribution in [2.24, 2.45) is 10.1 Å². The molecule has 0 radical (unpaired) electrons. The Bertz CT molecular complexity index is 372. The molecule has 0 aromatic rings. The number of nitrogens with zero attached hydrogens (tertiary/aromatic N) is 1. The highest BCUT2D eigenvalue weighted by atomic mass is 32.2. The van der Waals surface area contributed by atoms with Gasteiger partial charge in [-0.1, -0.05) is 13.0 Å². The van der Waals surface area contributed by atoms with Gasteiger partial charge in [-0.05, 0) is 24.5 Å². The van der Waals surface area contributed by atoms with E-state index in [1.807, 2.05) is 26.2 Å². The molecule has 0 aromatic heterocycles. The van der Waals surface area contributed by atoms with E-state index in [1.165, 1.54) is 0 Å². The van der Waals surface area contributed by atoms with Gasteiger partial charge >= 0.3 is 0 Å². The zero-order chi connectivity index (χ0) is 11.4. The van der Waals surface area contributed by atoms with E-state index < -0.39 is 11.2 Å². The average molecular weight is 245 g/mol.